The molecule has 0 bridgehead atoms. The molecule has 0 radical (unpaired) electrons. The van der Waals surface area contributed by atoms with E-state index in [0.717, 1.165) is 59.4 Å². The van der Waals surface area contributed by atoms with Gasteiger partial charge in [-0.2, -0.15) is 5.06 Å². The van der Waals surface area contributed by atoms with E-state index < -0.39 is 27.0 Å². The Balaban J connectivity index is 0.000000310. The van der Waals surface area contributed by atoms with Gasteiger partial charge in [0.15, 0.2) is 9.84 Å². The molecule has 274 valence electrons. The topological polar surface area (TPSA) is 130 Å². The third-order valence-corrected chi connectivity index (χ3v) is 13.6. The zero-order chi connectivity index (χ0) is 37.0. The Morgan fingerprint density at radius 3 is 2.45 bits per heavy atom. The van der Waals surface area contributed by atoms with E-state index in [0.29, 0.717) is 18.2 Å². The standard InChI is InChI=1S/C36H36N2O2S.C7H9NO3S/c39-36(37-23-24-7-2-1-3-8-24)38(40)29-11-6-10-27(22-29)34-19-20-35(41-34)28-15-16-31-26(21-28)14-18-32-30-12-5-4-9-25(30)13-17-33(31)32;8-7(9)5-6-3-1-2-4-12(6,10)11/h4-6,9-12,14,18-22,24,40H,1-3,7-8,13,15-17,23H2,(H,37,39);1-4,6H,5H2,(H2,8,9). The van der Waals surface area contributed by atoms with Crippen molar-refractivity contribution in [2.24, 2.45) is 11.7 Å². The number of carbonyl (C=O) groups excluding carboxylic acids is 2. The summed E-state index contributed by atoms with van der Waals surface area (Å²) in [5, 5.41) is 14.6. The van der Waals surface area contributed by atoms with E-state index >= 15 is 0 Å². The Kier molecular flexibility index (Phi) is 11.1. The van der Waals surface area contributed by atoms with Crippen LogP contribution in [0, 0.1) is 5.92 Å². The number of amides is 3. The molecule has 1 unspecified atom stereocenters. The van der Waals surface area contributed by atoms with Crippen LogP contribution in [0.2, 0.25) is 0 Å². The molecule has 1 aromatic heterocycles. The van der Waals surface area contributed by atoms with Crippen molar-refractivity contribution < 1.29 is 23.2 Å². The van der Waals surface area contributed by atoms with E-state index in [4.69, 9.17) is 5.73 Å². The van der Waals surface area contributed by atoms with Crippen LogP contribution in [0.3, 0.4) is 0 Å². The molecule has 1 fully saturated rings. The van der Waals surface area contributed by atoms with Gasteiger partial charge in [0.25, 0.3) is 0 Å². The molecule has 3 amide bonds. The minimum absolute atomic E-state index is 0.150. The molecule has 4 aliphatic rings. The van der Waals surface area contributed by atoms with Gasteiger partial charge in [-0.05, 0) is 113 Å². The summed E-state index contributed by atoms with van der Waals surface area (Å²) < 4.78 is 22.3. The molecule has 1 saturated carbocycles. The molecule has 4 N–H and O–H groups in total. The molecule has 8 rings (SSSR count). The normalized spacial score (nSPS) is 18.4. The monoisotopic (exact) mass is 747 g/mol. The van der Waals surface area contributed by atoms with E-state index in [1.807, 2.05) is 18.2 Å². The third kappa shape index (κ3) is 8.40. The van der Waals surface area contributed by atoms with Gasteiger partial charge in [0.2, 0.25) is 5.91 Å². The lowest BCUT2D eigenvalue weighted by molar-refractivity contribution is -0.117. The number of anilines is 1. The van der Waals surface area contributed by atoms with Crippen LogP contribution in [0.15, 0.2) is 96.4 Å². The molecule has 0 saturated heterocycles. The second kappa shape index (κ2) is 16.1. The van der Waals surface area contributed by atoms with Crippen LogP contribution in [0.4, 0.5) is 10.5 Å². The predicted molar refractivity (Wildman–Crippen MR) is 214 cm³/mol. The van der Waals surface area contributed by atoms with Crippen molar-refractivity contribution in [3.8, 4) is 21.6 Å². The summed E-state index contributed by atoms with van der Waals surface area (Å²) in [4.78, 5) is 25.5. The van der Waals surface area contributed by atoms with Crippen LogP contribution in [0.5, 0.6) is 0 Å². The number of sulfone groups is 1. The van der Waals surface area contributed by atoms with Gasteiger partial charge in [-0.1, -0.05) is 92.1 Å². The lowest BCUT2D eigenvalue weighted by atomic mass is 9.78. The molecule has 53 heavy (non-hydrogen) atoms. The average Bonchev–Trinajstić information content (AvgIpc) is 3.68. The number of fused-ring (bicyclic) bond motifs is 5. The predicted octanol–water partition coefficient (Wildman–Crippen LogP) is 8.88. The van der Waals surface area contributed by atoms with Gasteiger partial charge in [-0.3, -0.25) is 10.0 Å². The number of nitrogens with one attached hydrogen (secondary N) is 1. The zero-order valence-electron chi connectivity index (χ0n) is 29.7. The highest BCUT2D eigenvalue weighted by Gasteiger charge is 2.25. The largest absolute Gasteiger partial charge is 0.370 e. The number of aryl methyl sites for hydroxylation is 1. The van der Waals surface area contributed by atoms with Crippen LogP contribution >= 0.6 is 11.3 Å². The van der Waals surface area contributed by atoms with Crippen molar-refractivity contribution >= 4 is 50.4 Å². The highest BCUT2D eigenvalue weighted by atomic mass is 32.2. The van der Waals surface area contributed by atoms with Crippen LogP contribution in [-0.4, -0.2) is 37.4 Å². The minimum atomic E-state index is -3.29. The molecule has 3 aromatic carbocycles. The van der Waals surface area contributed by atoms with Crippen molar-refractivity contribution in [2.75, 3.05) is 11.6 Å². The summed E-state index contributed by atoms with van der Waals surface area (Å²) in [6.45, 7) is 0.623. The molecule has 10 heteroatoms. The van der Waals surface area contributed by atoms with Gasteiger partial charge >= 0.3 is 6.03 Å². The van der Waals surface area contributed by atoms with E-state index in [1.54, 1.807) is 23.5 Å². The number of rotatable bonds is 7. The summed E-state index contributed by atoms with van der Waals surface area (Å²) in [6, 6.07) is 25.0. The van der Waals surface area contributed by atoms with Crippen LogP contribution < -0.4 is 16.1 Å². The first-order chi connectivity index (χ1) is 25.7. The van der Waals surface area contributed by atoms with E-state index in [-0.39, 0.29) is 6.42 Å². The minimum Gasteiger partial charge on any atom is -0.370 e. The number of thiophene rings is 1. The highest BCUT2D eigenvalue weighted by Crippen LogP contribution is 2.42. The number of nitrogens with two attached hydrogens (primary N) is 1. The van der Waals surface area contributed by atoms with Crippen LogP contribution in [0.25, 0.3) is 33.2 Å². The molecule has 1 atom stereocenters. The maximum Gasteiger partial charge on any atom is 0.345 e. The van der Waals surface area contributed by atoms with Gasteiger partial charge in [0.1, 0.15) is 0 Å². The number of benzene rings is 3. The Hall–Kier alpha value is -4.77. The van der Waals surface area contributed by atoms with Crippen LogP contribution in [0.1, 0.15) is 72.1 Å². The van der Waals surface area contributed by atoms with Gasteiger partial charge in [0.05, 0.1) is 10.9 Å². The maximum absolute atomic E-state index is 12.7. The molecule has 1 aliphatic heterocycles. The SMILES string of the molecule is NC(=O)CC1C=CC=CS1(=O)=O.O=C(NCC1CCCCC1)N(O)c1cccc(-c2ccc(C3=Cc4ccc5c(c4CC3)CCc3ccccc3-5)s2)c1. The Morgan fingerprint density at radius 2 is 1.64 bits per heavy atom. The molecular weight excluding hydrogens is 703 g/mol. The van der Waals surface area contributed by atoms with Crippen molar-refractivity contribution in [1.29, 1.82) is 0 Å². The summed E-state index contributed by atoms with van der Waals surface area (Å²) in [7, 11) is -3.29. The molecule has 2 heterocycles. The van der Waals surface area contributed by atoms with Crippen LogP contribution in [-0.2, 0) is 33.9 Å². The summed E-state index contributed by atoms with van der Waals surface area (Å²) in [6.07, 6.45) is 17.1. The zero-order valence-corrected chi connectivity index (χ0v) is 31.3. The van der Waals surface area contributed by atoms with Gasteiger partial charge in [0, 0.05) is 28.1 Å². The number of nitrogens with zero attached hydrogens (tertiary/aromatic N) is 1. The Labute approximate surface area is 315 Å². The third-order valence-electron chi connectivity index (χ3n) is 10.7. The summed E-state index contributed by atoms with van der Waals surface area (Å²) in [5.74, 6) is -0.0938. The summed E-state index contributed by atoms with van der Waals surface area (Å²) in [5.41, 5.74) is 16.5. The second-order valence-corrected chi connectivity index (χ2v) is 17.4. The maximum atomic E-state index is 12.7. The van der Waals surface area contributed by atoms with Crippen molar-refractivity contribution in [3.63, 3.8) is 0 Å². The first-order valence-corrected chi connectivity index (χ1v) is 20.9. The average molecular weight is 748 g/mol. The van der Waals surface area contributed by atoms with E-state index in [9.17, 15) is 23.2 Å². The smallest absolute Gasteiger partial charge is 0.345 e. The first-order valence-electron chi connectivity index (χ1n) is 18.4. The molecule has 8 nitrogen and oxygen atoms in total. The molecule has 3 aliphatic carbocycles. The fourth-order valence-corrected chi connectivity index (χ4v) is 10.1. The van der Waals surface area contributed by atoms with Crippen molar-refractivity contribution in [1.82, 2.24) is 5.32 Å². The molecule has 0 spiro atoms. The Bertz CT molecular complexity index is 2210. The summed E-state index contributed by atoms with van der Waals surface area (Å²) >= 11 is 1.78. The van der Waals surface area contributed by atoms with Gasteiger partial charge in [-0.25, -0.2) is 13.2 Å². The first kappa shape index (κ1) is 36.6. The fourth-order valence-electron chi connectivity index (χ4n) is 7.86. The number of hydrogen-bond donors (Lipinski definition) is 3. The lowest BCUT2D eigenvalue weighted by Crippen LogP contribution is -2.40. The van der Waals surface area contributed by atoms with Crippen molar-refractivity contribution in [2.45, 2.75) is 69.5 Å². The number of primary amides is 1. The fraction of sp³-hybridized carbons (Fsp3) is 0.302. The highest BCUT2D eigenvalue weighted by molar-refractivity contribution is 7.95. The van der Waals surface area contributed by atoms with E-state index in [1.165, 1.54) is 75.2 Å². The van der Waals surface area contributed by atoms with Gasteiger partial charge in [-0.15, -0.1) is 11.3 Å². The number of urea groups is 1. The second-order valence-electron chi connectivity index (χ2n) is 14.2. The lowest BCUT2D eigenvalue weighted by Gasteiger charge is -2.26. The molecular formula is C43H45N3O5S2. The number of hydrogen-bond acceptors (Lipinski definition) is 6. The molecule has 4 aromatic rings. The van der Waals surface area contributed by atoms with Gasteiger partial charge < -0.3 is 11.1 Å². The number of hydroxylamine groups is 1. The number of carbonyl (C=O) groups is 2. The Morgan fingerprint density at radius 1 is 0.849 bits per heavy atom. The van der Waals surface area contributed by atoms with E-state index in [2.05, 4.69) is 59.9 Å². The number of allylic oxidation sites excluding steroid dienone is 3. The van der Waals surface area contributed by atoms with Crippen molar-refractivity contribution in [3.05, 3.63) is 124 Å². The quantitative estimate of drug-likeness (QED) is 0.129.